The molecule has 0 aromatic heterocycles. The van der Waals surface area contributed by atoms with Gasteiger partial charge in [-0.05, 0) is 24.7 Å². The van der Waals surface area contributed by atoms with Gasteiger partial charge in [0.05, 0.1) is 0 Å². The van der Waals surface area contributed by atoms with E-state index in [9.17, 15) is 9.59 Å². The maximum Gasteiger partial charge on any atom is 0.303 e. The van der Waals surface area contributed by atoms with Crippen LogP contribution in [0.25, 0.3) is 0 Å². The summed E-state index contributed by atoms with van der Waals surface area (Å²) < 4.78 is 0. The topological polar surface area (TPSA) is 57.6 Å². The van der Waals surface area contributed by atoms with Crippen molar-refractivity contribution in [2.24, 2.45) is 17.8 Å². The van der Waals surface area contributed by atoms with E-state index >= 15 is 0 Å². The average Bonchev–Trinajstić information content (AvgIpc) is 2.70. The molecule has 1 heterocycles. The van der Waals surface area contributed by atoms with Gasteiger partial charge in [-0.15, -0.1) is 0 Å². The van der Waals surface area contributed by atoms with Crippen LogP contribution in [0.4, 0.5) is 0 Å². The van der Waals surface area contributed by atoms with E-state index in [0.29, 0.717) is 12.5 Å². The van der Waals surface area contributed by atoms with E-state index in [0.717, 1.165) is 19.4 Å². The highest BCUT2D eigenvalue weighted by Gasteiger charge is 2.43. The average molecular weight is 211 g/mol. The zero-order valence-electron chi connectivity index (χ0n) is 8.98. The van der Waals surface area contributed by atoms with Crippen molar-refractivity contribution < 1.29 is 14.7 Å². The number of carboxylic acids is 1. The summed E-state index contributed by atoms with van der Waals surface area (Å²) in [5.41, 5.74) is 0. The van der Waals surface area contributed by atoms with Gasteiger partial charge >= 0.3 is 5.97 Å². The first-order chi connectivity index (χ1) is 7.08. The smallest absolute Gasteiger partial charge is 0.303 e. The third-order valence-corrected chi connectivity index (χ3v) is 3.49. The predicted octanol–water partition coefficient (Wildman–Crippen LogP) is 0.966. The quantitative estimate of drug-likeness (QED) is 0.756. The minimum atomic E-state index is -0.755. The van der Waals surface area contributed by atoms with Gasteiger partial charge < -0.3 is 10.0 Å². The fourth-order valence-electron chi connectivity index (χ4n) is 2.35. The van der Waals surface area contributed by atoms with Crippen LogP contribution in [-0.4, -0.2) is 35.0 Å². The molecule has 2 fully saturated rings. The molecule has 0 bridgehead atoms. The molecule has 1 amide bonds. The molecule has 1 aliphatic heterocycles. The second kappa shape index (κ2) is 3.83. The number of carbonyl (C=O) groups excluding carboxylic acids is 1. The van der Waals surface area contributed by atoms with Crippen molar-refractivity contribution in [2.45, 2.75) is 26.2 Å². The molecule has 0 aromatic carbocycles. The molecular formula is C11H17NO3. The van der Waals surface area contributed by atoms with Crippen molar-refractivity contribution in [3.63, 3.8) is 0 Å². The molecule has 0 aromatic rings. The lowest BCUT2D eigenvalue weighted by molar-refractivity contribution is -0.138. The zero-order valence-corrected chi connectivity index (χ0v) is 8.98. The normalized spacial score (nSPS) is 34.2. The fraction of sp³-hybridized carbons (Fsp3) is 0.818. The Kier molecular flexibility index (Phi) is 2.67. The van der Waals surface area contributed by atoms with Crippen molar-refractivity contribution >= 4 is 11.9 Å². The number of rotatable bonds is 3. The lowest BCUT2D eigenvalue weighted by atomic mass is 10.1. The number of carbonyl (C=O) groups is 2. The number of nitrogens with zero attached hydrogens (tertiary/aromatic N) is 1. The van der Waals surface area contributed by atoms with Crippen LogP contribution >= 0.6 is 0 Å². The molecule has 2 aliphatic rings. The molecule has 15 heavy (non-hydrogen) atoms. The number of likely N-dealkylation sites (tertiary alicyclic amines) is 1. The highest BCUT2D eigenvalue weighted by Crippen LogP contribution is 2.40. The predicted molar refractivity (Wildman–Crippen MR) is 54.2 cm³/mol. The van der Waals surface area contributed by atoms with Gasteiger partial charge in [0.1, 0.15) is 0 Å². The van der Waals surface area contributed by atoms with Gasteiger partial charge in [-0.1, -0.05) is 6.92 Å². The van der Waals surface area contributed by atoms with E-state index in [4.69, 9.17) is 5.11 Å². The van der Waals surface area contributed by atoms with E-state index in [1.54, 1.807) is 0 Å². The summed E-state index contributed by atoms with van der Waals surface area (Å²) in [6.45, 7) is 3.49. The monoisotopic (exact) mass is 211 g/mol. The molecule has 4 heteroatoms. The number of amides is 1. The minimum absolute atomic E-state index is 0.167. The van der Waals surface area contributed by atoms with Crippen molar-refractivity contribution in [2.75, 3.05) is 13.1 Å². The largest absolute Gasteiger partial charge is 0.481 e. The highest BCUT2D eigenvalue weighted by molar-refractivity contribution is 5.82. The molecule has 1 saturated heterocycles. The SMILES string of the molecule is CC1CC1C(=O)N1CCC(CC(=O)O)C1. The molecule has 1 saturated carbocycles. The molecular weight excluding hydrogens is 194 g/mol. The lowest BCUT2D eigenvalue weighted by Crippen LogP contribution is -2.30. The Hall–Kier alpha value is -1.06. The second-order valence-corrected chi connectivity index (χ2v) is 4.86. The van der Waals surface area contributed by atoms with Crippen LogP contribution in [0.15, 0.2) is 0 Å². The molecule has 1 aliphatic carbocycles. The van der Waals surface area contributed by atoms with E-state index in [1.807, 2.05) is 4.90 Å². The van der Waals surface area contributed by atoms with Crippen LogP contribution in [0.5, 0.6) is 0 Å². The maximum atomic E-state index is 11.8. The van der Waals surface area contributed by atoms with Gasteiger partial charge in [0.2, 0.25) is 5.91 Å². The standard InChI is InChI=1S/C11H17NO3/c1-7-4-9(7)11(15)12-3-2-8(6-12)5-10(13)14/h7-9H,2-6H2,1H3,(H,13,14). The van der Waals surface area contributed by atoms with Gasteiger partial charge in [0.25, 0.3) is 0 Å². The number of aliphatic carboxylic acids is 1. The van der Waals surface area contributed by atoms with E-state index < -0.39 is 5.97 Å². The minimum Gasteiger partial charge on any atom is -0.481 e. The third kappa shape index (κ3) is 2.30. The summed E-state index contributed by atoms with van der Waals surface area (Å²) in [5.74, 6) is 0.426. The number of hydrogen-bond donors (Lipinski definition) is 1. The molecule has 3 unspecified atom stereocenters. The summed E-state index contributed by atoms with van der Waals surface area (Å²) in [4.78, 5) is 24.2. The van der Waals surface area contributed by atoms with E-state index in [2.05, 4.69) is 6.92 Å². The summed E-state index contributed by atoms with van der Waals surface area (Å²) in [5, 5.41) is 8.66. The van der Waals surface area contributed by atoms with Crippen molar-refractivity contribution in [3.8, 4) is 0 Å². The van der Waals surface area contributed by atoms with Crippen LogP contribution < -0.4 is 0 Å². The summed E-state index contributed by atoms with van der Waals surface area (Å²) in [6.07, 6.45) is 2.06. The lowest BCUT2D eigenvalue weighted by Gasteiger charge is -2.15. The van der Waals surface area contributed by atoms with Crippen LogP contribution in [0.1, 0.15) is 26.2 Å². The third-order valence-electron chi connectivity index (χ3n) is 3.49. The molecule has 1 N–H and O–H groups in total. The maximum absolute atomic E-state index is 11.8. The van der Waals surface area contributed by atoms with Crippen molar-refractivity contribution in [3.05, 3.63) is 0 Å². The second-order valence-electron chi connectivity index (χ2n) is 4.86. The van der Waals surface area contributed by atoms with Crippen LogP contribution in [-0.2, 0) is 9.59 Å². The Balaban J connectivity index is 1.82. The van der Waals surface area contributed by atoms with Gasteiger partial charge in [0.15, 0.2) is 0 Å². The van der Waals surface area contributed by atoms with Crippen LogP contribution in [0.3, 0.4) is 0 Å². The van der Waals surface area contributed by atoms with Crippen LogP contribution in [0.2, 0.25) is 0 Å². The first-order valence-electron chi connectivity index (χ1n) is 5.58. The molecule has 2 rings (SSSR count). The molecule has 0 radical (unpaired) electrons. The van der Waals surface area contributed by atoms with Gasteiger partial charge in [-0.2, -0.15) is 0 Å². The summed E-state index contributed by atoms with van der Waals surface area (Å²) in [6, 6.07) is 0. The van der Waals surface area contributed by atoms with Gasteiger partial charge in [-0.3, -0.25) is 9.59 Å². The summed E-state index contributed by atoms with van der Waals surface area (Å²) in [7, 11) is 0. The highest BCUT2D eigenvalue weighted by atomic mass is 16.4. The van der Waals surface area contributed by atoms with Gasteiger partial charge in [0, 0.05) is 25.4 Å². The van der Waals surface area contributed by atoms with E-state index in [-0.39, 0.29) is 24.2 Å². The fourth-order valence-corrected chi connectivity index (χ4v) is 2.35. The molecule has 4 nitrogen and oxygen atoms in total. The Labute approximate surface area is 89.3 Å². The van der Waals surface area contributed by atoms with Crippen molar-refractivity contribution in [1.82, 2.24) is 4.90 Å². The molecule has 84 valence electrons. The van der Waals surface area contributed by atoms with Crippen LogP contribution in [0, 0.1) is 17.8 Å². The zero-order chi connectivity index (χ0) is 11.0. The van der Waals surface area contributed by atoms with Gasteiger partial charge in [-0.25, -0.2) is 0 Å². The Morgan fingerprint density at radius 1 is 1.47 bits per heavy atom. The Morgan fingerprint density at radius 3 is 2.67 bits per heavy atom. The number of hydrogen-bond acceptors (Lipinski definition) is 2. The first kappa shape index (κ1) is 10.5. The number of carboxylic acid groups (broad SMARTS) is 1. The Bertz CT molecular complexity index is 290. The van der Waals surface area contributed by atoms with E-state index in [1.165, 1.54) is 0 Å². The molecule has 0 spiro atoms. The Morgan fingerprint density at radius 2 is 2.13 bits per heavy atom. The summed E-state index contributed by atoms with van der Waals surface area (Å²) >= 11 is 0. The van der Waals surface area contributed by atoms with Crippen molar-refractivity contribution in [1.29, 1.82) is 0 Å². The first-order valence-corrected chi connectivity index (χ1v) is 5.58. The molecule has 3 atom stereocenters.